The Hall–Kier alpha value is -0.860. The lowest BCUT2D eigenvalue weighted by Crippen LogP contribution is -2.70. The molecule has 0 aromatic carbocycles. The molecule has 4 aliphatic rings. The van der Waals surface area contributed by atoms with E-state index in [4.69, 9.17) is 0 Å². The molecule has 146 valence electrons. The summed E-state index contributed by atoms with van der Waals surface area (Å²) in [6.07, 6.45) is 1.96. The van der Waals surface area contributed by atoms with E-state index in [1.165, 1.54) is 0 Å². The highest BCUT2D eigenvalue weighted by atomic mass is 16.5. The zero-order chi connectivity index (χ0) is 19.3. The Morgan fingerprint density at radius 3 is 2.19 bits per heavy atom. The molecule has 7 atom stereocenters. The second kappa shape index (κ2) is 5.14. The van der Waals surface area contributed by atoms with Crippen LogP contribution in [0.3, 0.4) is 0 Å². The highest BCUT2D eigenvalue weighted by molar-refractivity contribution is 6.41. The minimum Gasteiger partial charge on any atom is -0.393 e. The predicted octanol–water partition coefficient (Wildman–Crippen LogP) is -0.280. The van der Waals surface area contributed by atoms with Gasteiger partial charge in [-0.1, -0.05) is 13.8 Å². The van der Waals surface area contributed by atoms with Crippen molar-refractivity contribution >= 4 is 11.6 Å². The van der Waals surface area contributed by atoms with E-state index >= 15 is 0 Å². The topological polar surface area (TPSA) is 135 Å². The molecule has 4 fully saturated rings. The summed E-state index contributed by atoms with van der Waals surface area (Å²) in [6.45, 7) is 3.71. The van der Waals surface area contributed by atoms with Gasteiger partial charge >= 0.3 is 0 Å². The smallest absolute Gasteiger partial charge is 0.257 e. The standard InChI is InChI=1S/C19H28O7/c1-16-6-5-11-9(10(16)3-4-12(16)20)7-18(23,24)14-13(21)15(22)19(25,26)8-17(11,14)2/h9-12,14,20,23-26H,3-8H2,1-2H3. The van der Waals surface area contributed by atoms with Crippen molar-refractivity contribution in [2.75, 3.05) is 0 Å². The molecule has 5 N–H and O–H groups in total. The molecule has 7 nitrogen and oxygen atoms in total. The fraction of sp³-hybridized carbons (Fsp3) is 0.895. The lowest BCUT2D eigenvalue weighted by Gasteiger charge is -2.63. The second-order valence-electron chi connectivity index (χ2n) is 9.72. The molecule has 0 radical (unpaired) electrons. The molecule has 0 aromatic heterocycles. The van der Waals surface area contributed by atoms with Crippen LogP contribution in [0.1, 0.15) is 52.4 Å². The molecule has 0 heterocycles. The van der Waals surface area contributed by atoms with Gasteiger partial charge in [0.2, 0.25) is 11.6 Å². The van der Waals surface area contributed by atoms with Gasteiger partial charge in [-0.3, -0.25) is 9.59 Å². The van der Waals surface area contributed by atoms with Crippen molar-refractivity contribution in [3.63, 3.8) is 0 Å². The van der Waals surface area contributed by atoms with Gasteiger partial charge in [0.25, 0.3) is 5.78 Å². The Bertz CT molecular complexity index is 671. The van der Waals surface area contributed by atoms with Crippen LogP contribution in [0.5, 0.6) is 0 Å². The molecule has 0 aromatic rings. The van der Waals surface area contributed by atoms with Crippen LogP contribution in [-0.4, -0.2) is 54.8 Å². The number of hydrogen-bond acceptors (Lipinski definition) is 7. The van der Waals surface area contributed by atoms with E-state index in [1.54, 1.807) is 6.92 Å². The first-order valence-electron chi connectivity index (χ1n) is 9.51. The molecule has 4 rings (SSSR count). The van der Waals surface area contributed by atoms with Crippen molar-refractivity contribution < 1.29 is 35.1 Å². The number of ketones is 2. The number of fused-ring (bicyclic) bond motifs is 5. The van der Waals surface area contributed by atoms with Crippen LogP contribution in [0.2, 0.25) is 0 Å². The van der Waals surface area contributed by atoms with E-state index in [2.05, 4.69) is 0 Å². The van der Waals surface area contributed by atoms with Gasteiger partial charge in [-0.05, 0) is 54.3 Å². The summed E-state index contributed by atoms with van der Waals surface area (Å²) in [5.74, 6) is -9.17. The molecule has 0 bridgehead atoms. The van der Waals surface area contributed by atoms with Crippen LogP contribution in [0.4, 0.5) is 0 Å². The Morgan fingerprint density at radius 1 is 0.923 bits per heavy atom. The summed E-state index contributed by atoms with van der Waals surface area (Å²) in [4.78, 5) is 24.6. The minimum atomic E-state index is -2.77. The molecule has 0 aliphatic heterocycles. The molecule has 0 amide bonds. The zero-order valence-electron chi connectivity index (χ0n) is 15.2. The van der Waals surface area contributed by atoms with Crippen molar-refractivity contribution in [2.24, 2.45) is 34.5 Å². The third kappa shape index (κ3) is 2.12. The monoisotopic (exact) mass is 368 g/mol. The molecule has 4 saturated carbocycles. The number of rotatable bonds is 0. The first-order valence-corrected chi connectivity index (χ1v) is 9.51. The highest BCUT2D eigenvalue weighted by Gasteiger charge is 2.71. The van der Waals surface area contributed by atoms with Crippen LogP contribution in [0, 0.1) is 34.5 Å². The maximum Gasteiger partial charge on any atom is 0.257 e. The average Bonchev–Trinajstić information content (AvgIpc) is 2.79. The normalized spacial score (nSPS) is 52.2. The van der Waals surface area contributed by atoms with Gasteiger partial charge in [0, 0.05) is 12.8 Å². The summed E-state index contributed by atoms with van der Waals surface area (Å²) in [5.41, 5.74) is -1.40. The van der Waals surface area contributed by atoms with E-state index in [1.807, 2.05) is 6.92 Å². The van der Waals surface area contributed by atoms with E-state index < -0.39 is 40.6 Å². The van der Waals surface area contributed by atoms with Crippen LogP contribution < -0.4 is 0 Å². The van der Waals surface area contributed by atoms with Crippen molar-refractivity contribution in [3.8, 4) is 0 Å². The number of Topliss-reactive ketones (excluding diaryl/α,β-unsaturated/α-hetero) is 2. The first-order chi connectivity index (χ1) is 11.8. The van der Waals surface area contributed by atoms with Gasteiger partial charge in [-0.25, -0.2) is 0 Å². The molecule has 7 unspecified atom stereocenters. The molecule has 4 aliphatic carbocycles. The van der Waals surface area contributed by atoms with E-state index in [9.17, 15) is 35.1 Å². The average molecular weight is 368 g/mol. The van der Waals surface area contributed by atoms with Crippen LogP contribution in [0.15, 0.2) is 0 Å². The first kappa shape index (κ1) is 18.5. The summed E-state index contributed by atoms with van der Waals surface area (Å²) >= 11 is 0. The maximum absolute atomic E-state index is 12.6. The van der Waals surface area contributed by atoms with Crippen molar-refractivity contribution in [3.05, 3.63) is 0 Å². The van der Waals surface area contributed by atoms with Gasteiger partial charge in [0.15, 0.2) is 5.79 Å². The van der Waals surface area contributed by atoms with Crippen molar-refractivity contribution in [1.29, 1.82) is 0 Å². The zero-order valence-corrected chi connectivity index (χ0v) is 15.2. The third-order valence-electron chi connectivity index (χ3n) is 8.37. The van der Waals surface area contributed by atoms with E-state index in [-0.39, 0.29) is 36.0 Å². The summed E-state index contributed by atoms with van der Waals surface area (Å²) in [7, 11) is 0. The molecular formula is C19H28O7. The SMILES string of the molecule is CC12CCC3C(CC(O)(O)C4C(=O)C(=O)C(O)(O)CC34C)C1CCC2O. The molecule has 0 spiro atoms. The fourth-order valence-electron chi connectivity index (χ4n) is 7.25. The van der Waals surface area contributed by atoms with Crippen molar-refractivity contribution in [2.45, 2.75) is 70.1 Å². The lowest BCUT2D eigenvalue weighted by molar-refractivity contribution is -0.302. The van der Waals surface area contributed by atoms with Crippen LogP contribution >= 0.6 is 0 Å². The Labute approximate surface area is 152 Å². The molecule has 0 saturated heterocycles. The highest BCUT2D eigenvalue weighted by Crippen LogP contribution is 2.67. The Kier molecular flexibility index (Phi) is 3.66. The summed E-state index contributed by atoms with van der Waals surface area (Å²) in [6, 6.07) is 0. The maximum atomic E-state index is 12.6. The fourth-order valence-corrected chi connectivity index (χ4v) is 7.25. The molecule has 26 heavy (non-hydrogen) atoms. The van der Waals surface area contributed by atoms with Gasteiger partial charge in [0.05, 0.1) is 12.0 Å². The summed E-state index contributed by atoms with van der Waals surface area (Å²) in [5, 5.41) is 52.3. The molecular weight excluding hydrogens is 340 g/mol. The predicted molar refractivity (Wildman–Crippen MR) is 88.2 cm³/mol. The van der Waals surface area contributed by atoms with Crippen LogP contribution in [0.25, 0.3) is 0 Å². The lowest BCUT2D eigenvalue weighted by atomic mass is 9.43. The van der Waals surface area contributed by atoms with E-state index in [0.717, 1.165) is 12.8 Å². The number of aliphatic hydroxyl groups is 5. The Morgan fingerprint density at radius 2 is 1.54 bits per heavy atom. The number of aliphatic hydroxyl groups excluding tert-OH is 1. The largest absolute Gasteiger partial charge is 0.393 e. The van der Waals surface area contributed by atoms with Gasteiger partial charge in [-0.2, -0.15) is 0 Å². The number of carbonyl (C=O) groups is 2. The van der Waals surface area contributed by atoms with Gasteiger partial charge < -0.3 is 25.5 Å². The van der Waals surface area contributed by atoms with E-state index in [0.29, 0.717) is 12.8 Å². The van der Waals surface area contributed by atoms with Crippen LogP contribution in [-0.2, 0) is 9.59 Å². The number of hydrogen-bond donors (Lipinski definition) is 5. The second-order valence-corrected chi connectivity index (χ2v) is 9.72. The molecule has 7 heteroatoms. The quantitative estimate of drug-likeness (QED) is 0.293. The van der Waals surface area contributed by atoms with Gasteiger partial charge in [0.1, 0.15) is 0 Å². The minimum absolute atomic E-state index is 0.0340. The van der Waals surface area contributed by atoms with Crippen molar-refractivity contribution in [1.82, 2.24) is 0 Å². The van der Waals surface area contributed by atoms with Gasteiger partial charge in [-0.15, -0.1) is 0 Å². The Balaban J connectivity index is 1.80. The third-order valence-corrected chi connectivity index (χ3v) is 8.37. The summed E-state index contributed by atoms with van der Waals surface area (Å²) < 4.78 is 0. The number of carbonyl (C=O) groups excluding carboxylic acids is 2.